The number of carbonyl (C=O) groups excluding carboxylic acids is 1. The zero-order valence-corrected chi connectivity index (χ0v) is 8.93. The number of nitrogens with one attached hydrogen (secondary N) is 1. The average molecular weight is 210 g/mol. The normalized spacial score (nSPS) is 11.2. The van der Waals surface area contributed by atoms with Crippen molar-refractivity contribution >= 4 is 23.2 Å². The second-order valence-electron chi connectivity index (χ2n) is 2.93. The molecule has 0 bridgehead atoms. The molecule has 1 N–H and O–H groups in total. The van der Waals surface area contributed by atoms with Crippen LogP contribution in [0.5, 0.6) is 0 Å². The third-order valence-electron chi connectivity index (χ3n) is 1.89. The first-order valence-corrected chi connectivity index (χ1v) is 4.71. The van der Waals surface area contributed by atoms with Crippen molar-refractivity contribution in [1.29, 1.82) is 0 Å². The van der Waals surface area contributed by atoms with Gasteiger partial charge < -0.3 is 5.32 Å². The molecule has 0 aliphatic heterocycles. The lowest BCUT2D eigenvalue weighted by atomic mass is 10.2. The Morgan fingerprint density at radius 2 is 1.93 bits per heavy atom. The quantitative estimate of drug-likeness (QED) is 0.745. The summed E-state index contributed by atoms with van der Waals surface area (Å²) in [6.07, 6.45) is 1.77. The number of allylic oxidation sites excluding steroid dienone is 1. The SMILES string of the molecule is C/C=C(/C)C(=O)Nc1ccc(Cl)cc1. The Hall–Kier alpha value is -1.28. The molecule has 1 rings (SSSR count). The van der Waals surface area contributed by atoms with Gasteiger partial charge in [-0.05, 0) is 38.1 Å². The van der Waals surface area contributed by atoms with Gasteiger partial charge in [-0.3, -0.25) is 4.79 Å². The molecular weight excluding hydrogens is 198 g/mol. The van der Waals surface area contributed by atoms with E-state index in [4.69, 9.17) is 11.6 Å². The van der Waals surface area contributed by atoms with Crippen LogP contribution in [0.3, 0.4) is 0 Å². The highest BCUT2D eigenvalue weighted by molar-refractivity contribution is 6.30. The Kier molecular flexibility index (Phi) is 3.72. The number of rotatable bonds is 2. The van der Waals surface area contributed by atoms with E-state index in [9.17, 15) is 4.79 Å². The maximum absolute atomic E-state index is 11.4. The van der Waals surface area contributed by atoms with Crippen molar-refractivity contribution in [2.45, 2.75) is 13.8 Å². The minimum absolute atomic E-state index is 0.0881. The summed E-state index contributed by atoms with van der Waals surface area (Å²) in [5.74, 6) is -0.0881. The molecule has 0 saturated carbocycles. The predicted molar refractivity (Wildman–Crippen MR) is 59.5 cm³/mol. The molecule has 0 radical (unpaired) electrons. The zero-order chi connectivity index (χ0) is 10.6. The van der Waals surface area contributed by atoms with Gasteiger partial charge in [0.2, 0.25) is 0 Å². The van der Waals surface area contributed by atoms with Gasteiger partial charge in [-0.2, -0.15) is 0 Å². The van der Waals surface area contributed by atoms with E-state index in [0.717, 1.165) is 5.69 Å². The Bertz CT molecular complexity index is 354. The highest BCUT2D eigenvalue weighted by Crippen LogP contribution is 2.13. The third kappa shape index (κ3) is 2.89. The van der Waals surface area contributed by atoms with Crippen LogP contribution in [0.1, 0.15) is 13.8 Å². The number of hydrogen-bond donors (Lipinski definition) is 1. The summed E-state index contributed by atoms with van der Waals surface area (Å²) in [7, 11) is 0. The molecule has 14 heavy (non-hydrogen) atoms. The molecule has 0 atom stereocenters. The summed E-state index contributed by atoms with van der Waals surface area (Å²) >= 11 is 5.71. The van der Waals surface area contributed by atoms with E-state index < -0.39 is 0 Å². The smallest absolute Gasteiger partial charge is 0.250 e. The number of hydrogen-bond acceptors (Lipinski definition) is 1. The minimum atomic E-state index is -0.0881. The van der Waals surface area contributed by atoms with Gasteiger partial charge in [0.15, 0.2) is 0 Å². The summed E-state index contributed by atoms with van der Waals surface area (Å²) in [4.78, 5) is 11.4. The van der Waals surface area contributed by atoms with Crippen molar-refractivity contribution in [3.63, 3.8) is 0 Å². The lowest BCUT2D eigenvalue weighted by Gasteiger charge is -2.04. The van der Waals surface area contributed by atoms with Gasteiger partial charge in [0.1, 0.15) is 0 Å². The summed E-state index contributed by atoms with van der Waals surface area (Å²) in [6, 6.07) is 7.01. The highest BCUT2D eigenvalue weighted by Gasteiger charge is 2.02. The molecule has 0 aliphatic carbocycles. The average Bonchev–Trinajstić information content (AvgIpc) is 2.20. The largest absolute Gasteiger partial charge is 0.322 e. The van der Waals surface area contributed by atoms with Gasteiger partial charge in [0.05, 0.1) is 0 Å². The predicted octanol–water partition coefficient (Wildman–Crippen LogP) is 3.24. The van der Waals surface area contributed by atoms with Gasteiger partial charge in [-0.15, -0.1) is 0 Å². The first-order valence-electron chi connectivity index (χ1n) is 4.33. The zero-order valence-electron chi connectivity index (χ0n) is 8.17. The molecule has 0 fully saturated rings. The van der Waals surface area contributed by atoms with E-state index in [1.54, 1.807) is 37.3 Å². The second-order valence-corrected chi connectivity index (χ2v) is 3.37. The van der Waals surface area contributed by atoms with Crippen molar-refractivity contribution in [1.82, 2.24) is 0 Å². The maximum atomic E-state index is 11.4. The molecule has 2 nitrogen and oxygen atoms in total. The van der Waals surface area contributed by atoms with Crippen LogP contribution in [0.25, 0.3) is 0 Å². The van der Waals surface area contributed by atoms with Gasteiger partial charge in [0.25, 0.3) is 5.91 Å². The number of carbonyl (C=O) groups is 1. The lowest BCUT2D eigenvalue weighted by Crippen LogP contribution is -2.12. The summed E-state index contributed by atoms with van der Waals surface area (Å²) in [6.45, 7) is 3.60. The molecule has 0 saturated heterocycles. The molecule has 74 valence electrons. The fraction of sp³-hybridized carbons (Fsp3) is 0.182. The molecule has 0 heterocycles. The van der Waals surface area contributed by atoms with Gasteiger partial charge in [-0.1, -0.05) is 17.7 Å². The van der Waals surface area contributed by atoms with Crippen LogP contribution in [-0.2, 0) is 4.79 Å². The van der Waals surface area contributed by atoms with E-state index in [1.807, 2.05) is 6.92 Å². The Labute approximate surface area is 88.6 Å². The number of amides is 1. The number of halogens is 1. The van der Waals surface area contributed by atoms with Crippen LogP contribution < -0.4 is 5.32 Å². The van der Waals surface area contributed by atoms with Crippen molar-refractivity contribution in [2.75, 3.05) is 5.32 Å². The van der Waals surface area contributed by atoms with E-state index in [0.29, 0.717) is 10.6 Å². The van der Waals surface area contributed by atoms with Crippen molar-refractivity contribution in [3.8, 4) is 0 Å². The van der Waals surface area contributed by atoms with Crippen LogP contribution in [0.15, 0.2) is 35.9 Å². The molecule has 1 amide bonds. The van der Waals surface area contributed by atoms with Crippen molar-refractivity contribution < 1.29 is 4.79 Å². The van der Waals surface area contributed by atoms with Crippen LogP contribution in [0, 0.1) is 0 Å². The highest BCUT2D eigenvalue weighted by atomic mass is 35.5. The molecule has 1 aromatic carbocycles. The maximum Gasteiger partial charge on any atom is 0.250 e. The Morgan fingerprint density at radius 1 is 1.36 bits per heavy atom. The molecule has 1 aromatic rings. The molecule has 3 heteroatoms. The van der Waals surface area contributed by atoms with E-state index in [2.05, 4.69) is 5.32 Å². The van der Waals surface area contributed by atoms with E-state index >= 15 is 0 Å². The van der Waals surface area contributed by atoms with Crippen molar-refractivity contribution in [2.24, 2.45) is 0 Å². The van der Waals surface area contributed by atoms with Gasteiger partial charge in [0, 0.05) is 16.3 Å². The topological polar surface area (TPSA) is 29.1 Å². The van der Waals surface area contributed by atoms with Crippen LogP contribution >= 0.6 is 11.6 Å². The molecule has 0 unspecified atom stereocenters. The fourth-order valence-electron chi connectivity index (χ4n) is 0.894. The second kappa shape index (κ2) is 4.82. The summed E-state index contributed by atoms with van der Waals surface area (Å²) < 4.78 is 0. The van der Waals surface area contributed by atoms with Crippen LogP contribution in [0.2, 0.25) is 5.02 Å². The molecule has 0 spiro atoms. The first kappa shape index (κ1) is 10.8. The van der Waals surface area contributed by atoms with E-state index in [1.165, 1.54) is 0 Å². The Balaban J connectivity index is 2.70. The minimum Gasteiger partial charge on any atom is -0.322 e. The summed E-state index contributed by atoms with van der Waals surface area (Å²) in [5.41, 5.74) is 1.44. The van der Waals surface area contributed by atoms with Gasteiger partial charge in [-0.25, -0.2) is 0 Å². The summed E-state index contributed by atoms with van der Waals surface area (Å²) in [5, 5.41) is 3.41. The standard InChI is InChI=1S/C11H12ClNO/c1-3-8(2)11(14)13-10-6-4-9(12)5-7-10/h3-7H,1-2H3,(H,13,14)/b8-3-. The molecular formula is C11H12ClNO. The van der Waals surface area contributed by atoms with E-state index in [-0.39, 0.29) is 5.91 Å². The first-order chi connectivity index (χ1) is 6.63. The lowest BCUT2D eigenvalue weighted by molar-refractivity contribution is -0.112. The van der Waals surface area contributed by atoms with Crippen LogP contribution in [0.4, 0.5) is 5.69 Å². The number of benzene rings is 1. The van der Waals surface area contributed by atoms with Crippen molar-refractivity contribution in [3.05, 3.63) is 40.9 Å². The number of anilines is 1. The monoisotopic (exact) mass is 209 g/mol. The van der Waals surface area contributed by atoms with Crippen LogP contribution in [-0.4, -0.2) is 5.91 Å². The molecule has 0 aliphatic rings. The Morgan fingerprint density at radius 3 is 2.43 bits per heavy atom. The fourth-order valence-corrected chi connectivity index (χ4v) is 1.02. The molecule has 0 aromatic heterocycles. The third-order valence-corrected chi connectivity index (χ3v) is 2.15. The van der Waals surface area contributed by atoms with Gasteiger partial charge >= 0.3 is 0 Å².